The topological polar surface area (TPSA) is 102 Å². The van der Waals surface area contributed by atoms with E-state index >= 15 is 0 Å². The van der Waals surface area contributed by atoms with Gasteiger partial charge in [-0.3, -0.25) is 24.6 Å². The van der Waals surface area contributed by atoms with Crippen molar-refractivity contribution in [1.82, 2.24) is 4.90 Å². The van der Waals surface area contributed by atoms with Gasteiger partial charge in [-0.2, -0.15) is 0 Å². The molecule has 1 fully saturated rings. The van der Waals surface area contributed by atoms with E-state index in [-0.39, 0.29) is 12.4 Å². The Hall–Kier alpha value is -3.33. The monoisotopic (exact) mass is 385 g/mol. The van der Waals surface area contributed by atoms with Gasteiger partial charge in [0.1, 0.15) is 5.75 Å². The van der Waals surface area contributed by atoms with Crippen molar-refractivity contribution in [3.8, 4) is 5.75 Å². The molecule has 0 spiro atoms. The van der Waals surface area contributed by atoms with E-state index in [9.17, 15) is 19.7 Å². The van der Waals surface area contributed by atoms with Crippen LogP contribution in [-0.2, 0) is 4.79 Å². The molecular weight excluding hydrogens is 370 g/mol. The molecule has 0 radical (unpaired) electrons. The number of nitro benzene ring substituents is 1. The van der Waals surface area contributed by atoms with E-state index in [1.54, 1.807) is 43.5 Å². The van der Waals surface area contributed by atoms with Crippen molar-refractivity contribution in [2.24, 2.45) is 0 Å². The third kappa shape index (κ3) is 4.26. The van der Waals surface area contributed by atoms with Gasteiger partial charge in [0, 0.05) is 17.8 Å². The highest BCUT2D eigenvalue weighted by molar-refractivity contribution is 8.18. The fraction of sp³-hybridized carbons (Fsp3) is 0.111. The first-order valence-electron chi connectivity index (χ1n) is 7.85. The Morgan fingerprint density at radius 1 is 1.22 bits per heavy atom. The van der Waals surface area contributed by atoms with Crippen molar-refractivity contribution in [2.45, 2.75) is 0 Å². The third-order valence-corrected chi connectivity index (χ3v) is 4.69. The number of nitrogens with one attached hydrogen (secondary N) is 1. The van der Waals surface area contributed by atoms with Gasteiger partial charge in [-0.15, -0.1) is 0 Å². The lowest BCUT2D eigenvalue weighted by Crippen LogP contribution is -2.33. The van der Waals surface area contributed by atoms with Crippen LogP contribution in [-0.4, -0.2) is 34.7 Å². The summed E-state index contributed by atoms with van der Waals surface area (Å²) in [6.07, 6.45) is 1.64. The molecule has 27 heavy (non-hydrogen) atoms. The normalized spacial score (nSPS) is 15.3. The number of thioether (sulfide) groups is 1. The van der Waals surface area contributed by atoms with Crippen LogP contribution >= 0.6 is 11.8 Å². The van der Waals surface area contributed by atoms with Gasteiger partial charge in [-0.05, 0) is 41.6 Å². The SMILES string of the molecule is COc1ccc(/C=C2\SC(=O)N(CNc3cccc([N+](=O)[O-])c3)C2=O)cc1. The van der Waals surface area contributed by atoms with Crippen molar-refractivity contribution < 1.29 is 19.2 Å². The molecule has 0 aromatic heterocycles. The highest BCUT2D eigenvalue weighted by Gasteiger charge is 2.34. The number of carbonyl (C=O) groups excluding carboxylic acids is 2. The average molecular weight is 385 g/mol. The largest absolute Gasteiger partial charge is 0.497 e. The van der Waals surface area contributed by atoms with Gasteiger partial charge in [0.15, 0.2) is 0 Å². The zero-order valence-electron chi connectivity index (χ0n) is 14.2. The van der Waals surface area contributed by atoms with Crippen LogP contribution in [0.2, 0.25) is 0 Å². The van der Waals surface area contributed by atoms with Crippen LogP contribution in [0.3, 0.4) is 0 Å². The summed E-state index contributed by atoms with van der Waals surface area (Å²) in [5.74, 6) is 0.278. The molecule has 0 saturated carbocycles. The van der Waals surface area contributed by atoms with E-state index in [0.29, 0.717) is 16.3 Å². The molecule has 2 aromatic rings. The number of nitro groups is 1. The summed E-state index contributed by atoms with van der Waals surface area (Å²) in [7, 11) is 1.56. The molecule has 138 valence electrons. The molecule has 2 amide bonds. The van der Waals surface area contributed by atoms with Gasteiger partial charge in [0.05, 0.1) is 23.6 Å². The second-order valence-electron chi connectivity index (χ2n) is 5.53. The second kappa shape index (κ2) is 7.92. The van der Waals surface area contributed by atoms with Crippen molar-refractivity contribution in [3.05, 3.63) is 69.1 Å². The summed E-state index contributed by atoms with van der Waals surface area (Å²) in [6, 6.07) is 13.0. The molecule has 8 nitrogen and oxygen atoms in total. The van der Waals surface area contributed by atoms with Gasteiger partial charge >= 0.3 is 0 Å². The minimum Gasteiger partial charge on any atom is -0.497 e. The molecule has 0 unspecified atom stereocenters. The first-order valence-corrected chi connectivity index (χ1v) is 8.67. The summed E-state index contributed by atoms with van der Waals surface area (Å²) in [5, 5.41) is 13.3. The van der Waals surface area contributed by atoms with Crippen LogP contribution in [0.1, 0.15) is 5.56 Å². The molecule has 9 heteroatoms. The Balaban J connectivity index is 1.69. The zero-order valence-corrected chi connectivity index (χ0v) is 15.1. The maximum absolute atomic E-state index is 12.5. The summed E-state index contributed by atoms with van der Waals surface area (Å²) in [6.45, 7) is -0.0776. The number of non-ortho nitro benzene ring substituents is 1. The van der Waals surface area contributed by atoms with Crippen LogP contribution in [0.5, 0.6) is 5.75 Å². The van der Waals surface area contributed by atoms with Crippen molar-refractivity contribution in [3.63, 3.8) is 0 Å². The van der Waals surface area contributed by atoms with E-state index in [1.807, 2.05) is 0 Å². The lowest BCUT2D eigenvalue weighted by atomic mass is 10.2. The van der Waals surface area contributed by atoms with Gasteiger partial charge in [-0.1, -0.05) is 18.2 Å². The lowest BCUT2D eigenvalue weighted by molar-refractivity contribution is -0.384. The van der Waals surface area contributed by atoms with E-state index < -0.39 is 16.1 Å². The number of imide groups is 1. The van der Waals surface area contributed by atoms with E-state index in [2.05, 4.69) is 5.32 Å². The minimum absolute atomic E-state index is 0.0754. The number of methoxy groups -OCH3 is 1. The molecule has 1 saturated heterocycles. The van der Waals surface area contributed by atoms with Crippen molar-refractivity contribution in [1.29, 1.82) is 0 Å². The number of hydrogen-bond acceptors (Lipinski definition) is 7. The number of rotatable bonds is 6. The van der Waals surface area contributed by atoms with E-state index in [1.165, 1.54) is 18.2 Å². The highest BCUT2D eigenvalue weighted by Crippen LogP contribution is 2.32. The van der Waals surface area contributed by atoms with Gasteiger partial charge in [0.25, 0.3) is 16.8 Å². The molecule has 0 bridgehead atoms. The number of benzene rings is 2. The van der Waals surface area contributed by atoms with Crippen LogP contribution in [0.25, 0.3) is 6.08 Å². The van der Waals surface area contributed by atoms with Gasteiger partial charge in [-0.25, -0.2) is 0 Å². The molecule has 1 aliphatic heterocycles. The standard InChI is InChI=1S/C18H15N3O5S/c1-26-15-7-5-12(6-8-15)9-16-17(22)20(18(23)27-16)11-19-13-3-2-4-14(10-13)21(24)25/h2-10,19H,11H2,1H3/b16-9-. The predicted octanol–water partition coefficient (Wildman–Crippen LogP) is 3.71. The van der Waals surface area contributed by atoms with Crippen LogP contribution in [0.15, 0.2) is 53.4 Å². The van der Waals surface area contributed by atoms with E-state index in [4.69, 9.17) is 4.74 Å². The average Bonchev–Trinajstić information content (AvgIpc) is 2.94. The molecule has 1 aliphatic rings. The smallest absolute Gasteiger partial charge is 0.295 e. The number of nitrogens with zero attached hydrogens (tertiary/aromatic N) is 2. The summed E-state index contributed by atoms with van der Waals surface area (Å²) in [5.41, 5.74) is 1.14. The first-order chi connectivity index (χ1) is 13.0. The molecule has 1 heterocycles. The molecule has 2 aromatic carbocycles. The maximum Gasteiger partial charge on any atom is 0.295 e. The Labute approximate surface area is 159 Å². The van der Waals surface area contributed by atoms with Crippen molar-refractivity contribution in [2.75, 3.05) is 19.1 Å². The van der Waals surface area contributed by atoms with Crippen molar-refractivity contribution >= 4 is 40.4 Å². The van der Waals surface area contributed by atoms with Gasteiger partial charge in [0.2, 0.25) is 0 Å². The minimum atomic E-state index is -0.511. The first kappa shape index (κ1) is 18.5. The number of ether oxygens (including phenoxy) is 1. The lowest BCUT2D eigenvalue weighted by Gasteiger charge is -2.14. The fourth-order valence-corrected chi connectivity index (χ4v) is 3.23. The zero-order chi connectivity index (χ0) is 19.4. The Morgan fingerprint density at radius 3 is 2.63 bits per heavy atom. The second-order valence-corrected chi connectivity index (χ2v) is 6.52. The Morgan fingerprint density at radius 2 is 1.96 bits per heavy atom. The van der Waals surface area contributed by atoms with Gasteiger partial charge < -0.3 is 10.1 Å². The number of anilines is 1. The molecule has 0 aliphatic carbocycles. The number of carbonyl (C=O) groups is 2. The Kier molecular flexibility index (Phi) is 5.41. The van der Waals surface area contributed by atoms with Crippen LogP contribution < -0.4 is 10.1 Å². The summed E-state index contributed by atoms with van der Waals surface area (Å²) in [4.78, 5) is 36.3. The summed E-state index contributed by atoms with van der Waals surface area (Å²) < 4.78 is 5.09. The maximum atomic E-state index is 12.5. The van der Waals surface area contributed by atoms with E-state index in [0.717, 1.165) is 22.2 Å². The number of amides is 2. The molecule has 1 N–H and O–H groups in total. The molecule has 3 rings (SSSR count). The summed E-state index contributed by atoms with van der Waals surface area (Å²) >= 11 is 0.849. The predicted molar refractivity (Wildman–Crippen MR) is 102 cm³/mol. The molecule has 0 atom stereocenters. The fourth-order valence-electron chi connectivity index (χ4n) is 2.39. The highest BCUT2D eigenvalue weighted by atomic mass is 32.2. The Bertz CT molecular complexity index is 927. The number of hydrogen-bond donors (Lipinski definition) is 1. The van der Waals surface area contributed by atoms with Crippen LogP contribution in [0, 0.1) is 10.1 Å². The molecular formula is C18H15N3O5S. The van der Waals surface area contributed by atoms with Crippen LogP contribution in [0.4, 0.5) is 16.2 Å². The quantitative estimate of drug-likeness (QED) is 0.459. The third-order valence-electron chi connectivity index (χ3n) is 3.79.